The molecule has 0 aliphatic carbocycles. The highest BCUT2D eigenvalue weighted by atomic mass is 32.2. The summed E-state index contributed by atoms with van der Waals surface area (Å²) < 4.78 is 5.81. The van der Waals surface area contributed by atoms with E-state index in [0.717, 1.165) is 22.2 Å². The molecule has 1 aromatic heterocycles. The first kappa shape index (κ1) is 22.4. The third-order valence-electron chi connectivity index (χ3n) is 4.94. The van der Waals surface area contributed by atoms with Gasteiger partial charge in [-0.25, -0.2) is 0 Å². The third-order valence-corrected chi connectivity index (χ3v) is 6.27. The standard InChI is InChI=1S/C23H16N2O6S2/c1-13-7-9-16(17(11-13)25(29)30)18-10-8-15(31-18)12-19-21(26)24(23(32)33-19)20(22(27)28)14-5-3-2-4-6-14/h2-12,20H,1H3,(H,27,28)/p-1/b19-12+/t20-/m1/s1. The monoisotopic (exact) mass is 479 g/mol. The van der Waals surface area contributed by atoms with Crippen LogP contribution in [0.4, 0.5) is 5.69 Å². The van der Waals surface area contributed by atoms with Crippen molar-refractivity contribution in [2.24, 2.45) is 0 Å². The Morgan fingerprint density at radius 2 is 1.91 bits per heavy atom. The predicted molar refractivity (Wildman–Crippen MR) is 125 cm³/mol. The number of carbonyl (C=O) groups excluding carboxylic acids is 2. The second-order valence-corrected chi connectivity index (χ2v) is 8.84. The molecule has 2 heterocycles. The smallest absolute Gasteiger partial charge is 0.280 e. The van der Waals surface area contributed by atoms with Gasteiger partial charge in [-0.15, -0.1) is 0 Å². The lowest BCUT2D eigenvalue weighted by atomic mass is 10.1. The Kier molecular flexibility index (Phi) is 6.12. The lowest BCUT2D eigenvalue weighted by Gasteiger charge is -2.27. The van der Waals surface area contributed by atoms with Crippen molar-refractivity contribution < 1.29 is 24.0 Å². The maximum absolute atomic E-state index is 13.0. The van der Waals surface area contributed by atoms with E-state index >= 15 is 0 Å². The minimum absolute atomic E-state index is 0.0743. The number of thiocarbonyl (C=S) groups is 1. The Bertz CT molecular complexity index is 1320. The quantitative estimate of drug-likeness (QED) is 0.226. The Morgan fingerprint density at radius 3 is 2.58 bits per heavy atom. The van der Waals surface area contributed by atoms with Crippen LogP contribution in [0.5, 0.6) is 0 Å². The van der Waals surface area contributed by atoms with Crippen molar-refractivity contribution in [2.45, 2.75) is 13.0 Å². The molecule has 0 unspecified atom stereocenters. The van der Waals surface area contributed by atoms with Gasteiger partial charge in [-0.05, 0) is 36.2 Å². The number of carboxylic acids is 1. The fourth-order valence-corrected chi connectivity index (χ4v) is 4.73. The maximum atomic E-state index is 13.0. The van der Waals surface area contributed by atoms with Gasteiger partial charge in [0.2, 0.25) is 0 Å². The molecule has 0 spiro atoms. The summed E-state index contributed by atoms with van der Waals surface area (Å²) >= 11 is 6.22. The molecule has 0 bridgehead atoms. The number of nitro groups is 1. The number of furan rings is 1. The highest BCUT2D eigenvalue weighted by Crippen LogP contribution is 2.39. The van der Waals surface area contributed by atoms with Gasteiger partial charge < -0.3 is 14.3 Å². The average Bonchev–Trinajstić information content (AvgIpc) is 3.34. The van der Waals surface area contributed by atoms with Gasteiger partial charge in [-0.3, -0.25) is 19.8 Å². The van der Waals surface area contributed by atoms with Crippen LogP contribution in [0.3, 0.4) is 0 Å². The first-order chi connectivity index (χ1) is 15.8. The largest absolute Gasteiger partial charge is 0.547 e. The Balaban J connectivity index is 1.65. The fraction of sp³-hybridized carbons (Fsp3) is 0.0870. The zero-order chi connectivity index (χ0) is 23.7. The van der Waals surface area contributed by atoms with Gasteiger partial charge in [0.1, 0.15) is 21.9 Å². The summed E-state index contributed by atoms with van der Waals surface area (Å²) in [5.41, 5.74) is 1.31. The highest BCUT2D eigenvalue weighted by Gasteiger charge is 2.38. The molecule has 1 saturated heterocycles. The Labute approximate surface area is 197 Å². The first-order valence-electron chi connectivity index (χ1n) is 9.64. The Morgan fingerprint density at radius 1 is 1.18 bits per heavy atom. The summed E-state index contributed by atoms with van der Waals surface area (Å²) in [7, 11) is 0. The number of nitro benzene ring substituents is 1. The van der Waals surface area contributed by atoms with E-state index < -0.39 is 22.8 Å². The molecular formula is C23H15N2O6S2-. The molecule has 0 N–H and O–H groups in total. The molecule has 166 valence electrons. The number of amides is 1. The fourth-order valence-electron chi connectivity index (χ4n) is 3.43. The van der Waals surface area contributed by atoms with E-state index in [1.807, 2.05) is 0 Å². The minimum atomic E-state index is -1.45. The van der Waals surface area contributed by atoms with E-state index in [-0.39, 0.29) is 26.4 Å². The van der Waals surface area contributed by atoms with E-state index in [1.54, 1.807) is 61.5 Å². The molecule has 1 aliphatic rings. The molecular weight excluding hydrogens is 464 g/mol. The number of nitrogens with zero attached hydrogens (tertiary/aromatic N) is 2. The molecule has 1 aliphatic heterocycles. The number of hydrogen-bond acceptors (Lipinski definition) is 8. The molecule has 33 heavy (non-hydrogen) atoms. The van der Waals surface area contributed by atoms with Crippen LogP contribution in [-0.4, -0.2) is 26.0 Å². The van der Waals surface area contributed by atoms with E-state index in [1.165, 1.54) is 12.1 Å². The van der Waals surface area contributed by atoms with Crippen LogP contribution in [0, 0.1) is 17.0 Å². The first-order valence-corrected chi connectivity index (χ1v) is 10.9. The van der Waals surface area contributed by atoms with Crippen LogP contribution in [0.25, 0.3) is 17.4 Å². The third kappa shape index (κ3) is 4.43. The van der Waals surface area contributed by atoms with Crippen molar-refractivity contribution in [2.75, 3.05) is 0 Å². The number of aryl methyl sites for hydroxylation is 1. The summed E-state index contributed by atoms with van der Waals surface area (Å²) in [4.78, 5) is 37.0. The topological polar surface area (TPSA) is 117 Å². The average molecular weight is 480 g/mol. The number of carboxylic acid groups (broad SMARTS) is 1. The molecule has 10 heteroatoms. The van der Waals surface area contributed by atoms with Crippen molar-refractivity contribution in [1.29, 1.82) is 0 Å². The number of carbonyl (C=O) groups is 2. The summed E-state index contributed by atoms with van der Waals surface area (Å²) in [5, 5.41) is 23.3. The van der Waals surface area contributed by atoms with Crippen molar-refractivity contribution in [3.05, 3.63) is 92.6 Å². The van der Waals surface area contributed by atoms with Crippen LogP contribution >= 0.6 is 24.0 Å². The molecule has 0 saturated carbocycles. The molecule has 1 atom stereocenters. The van der Waals surface area contributed by atoms with E-state index in [9.17, 15) is 24.8 Å². The second kappa shape index (κ2) is 9.00. The highest BCUT2D eigenvalue weighted by molar-refractivity contribution is 8.26. The molecule has 1 fully saturated rings. The van der Waals surface area contributed by atoms with Gasteiger partial charge in [0.05, 0.1) is 21.4 Å². The van der Waals surface area contributed by atoms with Crippen molar-refractivity contribution in [3.63, 3.8) is 0 Å². The number of aliphatic carboxylic acids is 1. The van der Waals surface area contributed by atoms with E-state index in [2.05, 4.69) is 0 Å². The predicted octanol–water partition coefficient (Wildman–Crippen LogP) is 3.86. The minimum Gasteiger partial charge on any atom is -0.547 e. The van der Waals surface area contributed by atoms with E-state index in [0.29, 0.717) is 11.1 Å². The normalized spacial score (nSPS) is 15.8. The van der Waals surface area contributed by atoms with Crippen LogP contribution in [0.2, 0.25) is 0 Å². The van der Waals surface area contributed by atoms with Crippen molar-refractivity contribution in [3.8, 4) is 11.3 Å². The zero-order valence-electron chi connectivity index (χ0n) is 17.1. The summed E-state index contributed by atoms with van der Waals surface area (Å²) in [5.74, 6) is -1.52. The number of rotatable bonds is 6. The van der Waals surface area contributed by atoms with Crippen molar-refractivity contribution >= 4 is 51.9 Å². The lowest BCUT2D eigenvalue weighted by molar-refractivity contribution is -0.384. The van der Waals surface area contributed by atoms with Crippen LogP contribution < -0.4 is 5.11 Å². The van der Waals surface area contributed by atoms with E-state index in [4.69, 9.17) is 16.6 Å². The molecule has 4 rings (SSSR count). The van der Waals surface area contributed by atoms with Gasteiger partial charge in [-0.2, -0.15) is 0 Å². The van der Waals surface area contributed by atoms with Crippen LogP contribution in [0.15, 0.2) is 70.0 Å². The summed E-state index contributed by atoms with van der Waals surface area (Å²) in [6, 6.07) is 14.8. The molecule has 0 radical (unpaired) electrons. The van der Waals surface area contributed by atoms with Crippen LogP contribution in [0.1, 0.15) is 22.9 Å². The summed E-state index contributed by atoms with van der Waals surface area (Å²) in [6.07, 6.45) is 1.43. The zero-order valence-corrected chi connectivity index (χ0v) is 18.7. The van der Waals surface area contributed by atoms with Gasteiger partial charge in [0.25, 0.3) is 11.6 Å². The lowest BCUT2D eigenvalue weighted by Crippen LogP contribution is -2.43. The van der Waals surface area contributed by atoms with Gasteiger partial charge in [0, 0.05) is 12.1 Å². The molecule has 8 nitrogen and oxygen atoms in total. The van der Waals surface area contributed by atoms with Gasteiger partial charge >= 0.3 is 0 Å². The molecule has 1 amide bonds. The number of benzene rings is 2. The summed E-state index contributed by atoms with van der Waals surface area (Å²) in [6.45, 7) is 1.75. The SMILES string of the molecule is Cc1ccc(-c2ccc(/C=C3/SC(=S)N([C@@H](C(=O)[O-])c4ccccc4)C3=O)o2)c([N+](=O)[O-])c1. The van der Waals surface area contributed by atoms with Gasteiger partial charge in [-0.1, -0.05) is 60.4 Å². The second-order valence-electron chi connectivity index (χ2n) is 7.16. The Hall–Kier alpha value is -3.76. The van der Waals surface area contributed by atoms with Gasteiger partial charge in [0.15, 0.2) is 0 Å². The maximum Gasteiger partial charge on any atom is 0.280 e. The molecule has 3 aromatic rings. The number of hydrogen-bond donors (Lipinski definition) is 0. The van der Waals surface area contributed by atoms with Crippen molar-refractivity contribution in [1.82, 2.24) is 4.90 Å². The molecule has 2 aromatic carbocycles. The number of thioether (sulfide) groups is 1. The van der Waals surface area contributed by atoms with Crippen LogP contribution in [-0.2, 0) is 9.59 Å².